The summed E-state index contributed by atoms with van der Waals surface area (Å²) in [7, 11) is 0. The lowest BCUT2D eigenvalue weighted by atomic mass is 9.91. The smallest absolute Gasteiger partial charge is 0.124 e. The summed E-state index contributed by atoms with van der Waals surface area (Å²) in [6, 6.07) is 13.6. The minimum absolute atomic E-state index is 0.142. The lowest BCUT2D eigenvalue weighted by molar-refractivity contribution is 0.166. The predicted octanol–water partition coefficient (Wildman–Crippen LogP) is 5.36. The molecule has 0 radical (unpaired) electrons. The van der Waals surface area contributed by atoms with Gasteiger partial charge in [0.05, 0.1) is 17.6 Å². The summed E-state index contributed by atoms with van der Waals surface area (Å²) >= 11 is 0. The molecule has 29 heavy (non-hydrogen) atoms. The summed E-state index contributed by atoms with van der Waals surface area (Å²) in [5.74, 6) is 1.94. The van der Waals surface area contributed by atoms with Crippen molar-refractivity contribution in [3.05, 3.63) is 65.2 Å². The van der Waals surface area contributed by atoms with Crippen LogP contribution in [0.1, 0.15) is 49.1 Å². The zero-order valence-electron chi connectivity index (χ0n) is 17.1. The van der Waals surface area contributed by atoms with Gasteiger partial charge in [0, 0.05) is 6.54 Å². The molecule has 5 rings (SSSR count). The number of piperidine rings is 1. The summed E-state index contributed by atoms with van der Waals surface area (Å²) < 4.78 is 15.5. The first-order chi connectivity index (χ1) is 14.3. The number of hydrogen-bond donors (Lipinski definition) is 0. The number of imidazole rings is 1. The lowest BCUT2D eigenvalue weighted by Crippen LogP contribution is -2.34. The second kappa shape index (κ2) is 8.27. The standard InChI is InChI=1S/C25H30FN3/c26-22-11-9-19(10-12-22)4-1-5-20-13-16-28(17-14-20)18-24-27-23-8-2-6-21-7-3-15-29(24)25(21)23/h2,6,8-12,20H,1,3-5,7,13-18H2. The SMILES string of the molecule is Fc1ccc(CCCC2CCN(Cc3nc4cccc5c4n3CCC5)CC2)cc1. The van der Waals surface area contributed by atoms with Crippen LogP contribution in [0, 0.1) is 11.7 Å². The summed E-state index contributed by atoms with van der Waals surface area (Å²) in [6.45, 7) is 4.45. The Morgan fingerprint density at radius 2 is 1.83 bits per heavy atom. The highest BCUT2D eigenvalue weighted by atomic mass is 19.1. The Labute approximate surface area is 172 Å². The highest BCUT2D eigenvalue weighted by Crippen LogP contribution is 2.28. The molecular formula is C25H30FN3. The van der Waals surface area contributed by atoms with Crippen molar-refractivity contribution in [1.29, 1.82) is 0 Å². The van der Waals surface area contributed by atoms with E-state index in [2.05, 4.69) is 27.7 Å². The topological polar surface area (TPSA) is 21.1 Å². The van der Waals surface area contributed by atoms with Gasteiger partial charge in [-0.25, -0.2) is 9.37 Å². The number of benzene rings is 2. The minimum atomic E-state index is -0.142. The van der Waals surface area contributed by atoms with Gasteiger partial charge in [-0.15, -0.1) is 0 Å². The number of aryl methyl sites for hydroxylation is 3. The van der Waals surface area contributed by atoms with E-state index < -0.39 is 0 Å². The van der Waals surface area contributed by atoms with Gasteiger partial charge in [0.1, 0.15) is 11.6 Å². The number of aromatic nitrogens is 2. The average molecular weight is 392 g/mol. The van der Waals surface area contributed by atoms with Crippen LogP contribution in [0.4, 0.5) is 4.39 Å². The molecule has 1 fully saturated rings. The Balaban J connectivity index is 1.13. The van der Waals surface area contributed by atoms with Crippen molar-refractivity contribution in [2.75, 3.05) is 13.1 Å². The van der Waals surface area contributed by atoms with Crippen LogP contribution in [-0.4, -0.2) is 27.5 Å². The van der Waals surface area contributed by atoms with Gasteiger partial charge in [0.25, 0.3) is 0 Å². The Hall–Kier alpha value is -2.20. The van der Waals surface area contributed by atoms with Gasteiger partial charge in [0.2, 0.25) is 0 Å². The molecule has 0 saturated carbocycles. The first kappa shape index (κ1) is 18.8. The van der Waals surface area contributed by atoms with E-state index in [4.69, 9.17) is 4.98 Å². The maximum Gasteiger partial charge on any atom is 0.124 e. The summed E-state index contributed by atoms with van der Waals surface area (Å²) in [5, 5.41) is 0. The normalized spacial score (nSPS) is 17.8. The van der Waals surface area contributed by atoms with Gasteiger partial charge < -0.3 is 4.57 Å². The molecule has 4 heteroatoms. The van der Waals surface area contributed by atoms with Crippen LogP contribution in [0.5, 0.6) is 0 Å². The van der Waals surface area contributed by atoms with Crippen LogP contribution in [0.2, 0.25) is 0 Å². The molecule has 0 bridgehead atoms. The Kier molecular flexibility index (Phi) is 5.36. The average Bonchev–Trinajstić information content (AvgIpc) is 3.10. The first-order valence-corrected chi connectivity index (χ1v) is 11.2. The molecular weight excluding hydrogens is 361 g/mol. The number of para-hydroxylation sites is 1. The van der Waals surface area contributed by atoms with Crippen LogP contribution in [0.25, 0.3) is 11.0 Å². The van der Waals surface area contributed by atoms with E-state index in [1.807, 2.05) is 12.1 Å². The van der Waals surface area contributed by atoms with E-state index in [0.717, 1.165) is 25.4 Å². The fourth-order valence-corrected chi connectivity index (χ4v) is 5.18. The molecule has 0 unspecified atom stereocenters. The van der Waals surface area contributed by atoms with Crippen molar-refractivity contribution < 1.29 is 4.39 Å². The van der Waals surface area contributed by atoms with Crippen LogP contribution < -0.4 is 0 Å². The molecule has 3 aromatic rings. The summed E-state index contributed by atoms with van der Waals surface area (Å²) in [5.41, 5.74) is 5.27. The maximum atomic E-state index is 13.0. The van der Waals surface area contributed by atoms with E-state index in [-0.39, 0.29) is 5.82 Å². The molecule has 3 nitrogen and oxygen atoms in total. The van der Waals surface area contributed by atoms with Gasteiger partial charge in [-0.05, 0) is 86.9 Å². The fraction of sp³-hybridized carbons (Fsp3) is 0.480. The van der Waals surface area contributed by atoms with E-state index >= 15 is 0 Å². The Morgan fingerprint density at radius 1 is 1.00 bits per heavy atom. The van der Waals surface area contributed by atoms with Crippen LogP contribution >= 0.6 is 0 Å². The molecule has 3 heterocycles. The molecule has 0 spiro atoms. The van der Waals surface area contributed by atoms with Crippen LogP contribution in [0.15, 0.2) is 42.5 Å². The fourth-order valence-electron chi connectivity index (χ4n) is 5.18. The van der Waals surface area contributed by atoms with Crippen molar-refractivity contribution in [2.45, 2.75) is 58.0 Å². The van der Waals surface area contributed by atoms with Crippen molar-refractivity contribution in [3.63, 3.8) is 0 Å². The van der Waals surface area contributed by atoms with E-state index in [0.29, 0.717) is 0 Å². The van der Waals surface area contributed by atoms with E-state index in [1.165, 1.54) is 79.6 Å². The quantitative estimate of drug-likeness (QED) is 0.564. The highest BCUT2D eigenvalue weighted by Gasteiger charge is 2.23. The Bertz CT molecular complexity index is 968. The summed E-state index contributed by atoms with van der Waals surface area (Å²) in [4.78, 5) is 7.57. The van der Waals surface area contributed by atoms with E-state index in [9.17, 15) is 4.39 Å². The largest absolute Gasteiger partial charge is 0.327 e. The van der Waals surface area contributed by atoms with Crippen molar-refractivity contribution in [3.8, 4) is 0 Å². The molecule has 0 atom stereocenters. The first-order valence-electron chi connectivity index (χ1n) is 11.2. The molecule has 0 N–H and O–H groups in total. The zero-order chi connectivity index (χ0) is 19.6. The zero-order valence-corrected chi connectivity index (χ0v) is 17.1. The van der Waals surface area contributed by atoms with Gasteiger partial charge in [-0.2, -0.15) is 0 Å². The third-order valence-electron chi connectivity index (χ3n) is 6.82. The molecule has 1 aromatic heterocycles. The number of nitrogens with zero attached hydrogens (tertiary/aromatic N) is 3. The lowest BCUT2D eigenvalue weighted by Gasteiger charge is -2.32. The number of hydrogen-bond acceptors (Lipinski definition) is 2. The van der Waals surface area contributed by atoms with Crippen molar-refractivity contribution >= 4 is 11.0 Å². The molecule has 0 aliphatic carbocycles. The third kappa shape index (κ3) is 4.09. The van der Waals surface area contributed by atoms with Gasteiger partial charge in [0.15, 0.2) is 0 Å². The monoisotopic (exact) mass is 391 g/mol. The third-order valence-corrected chi connectivity index (χ3v) is 6.82. The summed E-state index contributed by atoms with van der Waals surface area (Å²) in [6.07, 6.45) is 8.54. The van der Waals surface area contributed by atoms with Gasteiger partial charge in [-0.3, -0.25) is 4.90 Å². The van der Waals surface area contributed by atoms with Gasteiger partial charge >= 0.3 is 0 Å². The van der Waals surface area contributed by atoms with Crippen molar-refractivity contribution in [1.82, 2.24) is 14.5 Å². The van der Waals surface area contributed by atoms with Crippen LogP contribution in [0.3, 0.4) is 0 Å². The second-order valence-corrected chi connectivity index (χ2v) is 8.81. The number of rotatable bonds is 6. The molecule has 152 valence electrons. The number of likely N-dealkylation sites (tertiary alicyclic amines) is 1. The van der Waals surface area contributed by atoms with Crippen LogP contribution in [-0.2, 0) is 25.9 Å². The van der Waals surface area contributed by atoms with E-state index in [1.54, 1.807) is 12.1 Å². The maximum absolute atomic E-state index is 13.0. The van der Waals surface area contributed by atoms with Gasteiger partial charge in [-0.1, -0.05) is 30.7 Å². The molecule has 2 aliphatic heterocycles. The van der Waals surface area contributed by atoms with Crippen molar-refractivity contribution in [2.24, 2.45) is 5.92 Å². The molecule has 2 aliphatic rings. The minimum Gasteiger partial charge on any atom is -0.327 e. The molecule has 2 aromatic carbocycles. The molecule has 1 saturated heterocycles. The predicted molar refractivity (Wildman–Crippen MR) is 115 cm³/mol. The molecule has 0 amide bonds. The number of halogens is 1. The Morgan fingerprint density at radius 3 is 2.66 bits per heavy atom. The highest BCUT2D eigenvalue weighted by molar-refractivity contribution is 5.80. The second-order valence-electron chi connectivity index (χ2n) is 8.81.